The summed E-state index contributed by atoms with van der Waals surface area (Å²) >= 11 is 0. The van der Waals surface area contributed by atoms with E-state index in [2.05, 4.69) is 11.8 Å². The molecule has 0 fully saturated rings. The molecule has 0 saturated heterocycles. The number of benzene rings is 1. The van der Waals surface area contributed by atoms with Crippen molar-refractivity contribution in [1.82, 2.24) is 0 Å². The Morgan fingerprint density at radius 1 is 1.35 bits per heavy atom. The average molecular weight is 230 g/mol. The zero-order valence-electron chi connectivity index (χ0n) is 10.4. The smallest absolute Gasteiger partial charge is 0.310 e. The maximum Gasteiger partial charge on any atom is 0.310 e. The number of hydrogen-bond donors (Lipinski definition) is 0. The van der Waals surface area contributed by atoms with Crippen molar-refractivity contribution in [3.05, 3.63) is 35.9 Å². The Balaban J connectivity index is 2.68. The van der Waals surface area contributed by atoms with Gasteiger partial charge in [-0.1, -0.05) is 30.3 Å². The predicted molar refractivity (Wildman–Crippen MR) is 68.3 cm³/mol. The minimum atomic E-state index is -0.162. The average Bonchev–Trinajstić information content (AvgIpc) is 2.36. The van der Waals surface area contributed by atoms with Crippen LogP contribution in [0.15, 0.2) is 30.3 Å². The van der Waals surface area contributed by atoms with Gasteiger partial charge in [0.15, 0.2) is 0 Å². The van der Waals surface area contributed by atoms with Gasteiger partial charge in [-0.3, -0.25) is 4.79 Å². The van der Waals surface area contributed by atoms with E-state index in [-0.39, 0.29) is 11.9 Å². The summed E-state index contributed by atoms with van der Waals surface area (Å²) in [4.78, 5) is 11.8. The van der Waals surface area contributed by atoms with Crippen LogP contribution in [-0.4, -0.2) is 12.6 Å². The minimum Gasteiger partial charge on any atom is -0.466 e. The molecule has 0 bridgehead atoms. The molecule has 0 aliphatic heterocycles. The first-order valence-corrected chi connectivity index (χ1v) is 5.88. The van der Waals surface area contributed by atoms with E-state index in [1.54, 1.807) is 6.92 Å². The summed E-state index contributed by atoms with van der Waals surface area (Å²) in [7, 11) is 0. The van der Waals surface area contributed by atoms with Gasteiger partial charge in [-0.25, -0.2) is 0 Å². The summed E-state index contributed by atoms with van der Waals surface area (Å²) in [6, 6.07) is 9.96. The van der Waals surface area contributed by atoms with E-state index in [4.69, 9.17) is 4.74 Å². The van der Waals surface area contributed by atoms with Crippen molar-refractivity contribution in [1.29, 1.82) is 0 Å². The fraction of sp³-hybridized carbons (Fsp3) is 0.400. The third-order valence-electron chi connectivity index (χ3n) is 2.47. The van der Waals surface area contributed by atoms with E-state index in [0.29, 0.717) is 19.4 Å². The maximum atomic E-state index is 11.8. The molecule has 0 saturated carbocycles. The molecule has 0 radical (unpaired) electrons. The lowest BCUT2D eigenvalue weighted by atomic mass is 9.96. The largest absolute Gasteiger partial charge is 0.466 e. The topological polar surface area (TPSA) is 26.3 Å². The number of ether oxygens (including phenoxy) is 1. The van der Waals surface area contributed by atoms with Crippen LogP contribution in [0.3, 0.4) is 0 Å². The second-order valence-electron chi connectivity index (χ2n) is 3.77. The third-order valence-corrected chi connectivity index (χ3v) is 2.47. The molecule has 90 valence electrons. The second-order valence-corrected chi connectivity index (χ2v) is 3.77. The summed E-state index contributed by atoms with van der Waals surface area (Å²) in [6.07, 6.45) is 1.25. The van der Waals surface area contributed by atoms with Crippen LogP contribution in [0.2, 0.25) is 0 Å². The molecule has 0 aliphatic rings. The highest BCUT2D eigenvalue weighted by atomic mass is 16.5. The lowest BCUT2D eigenvalue weighted by Crippen LogP contribution is -2.19. The summed E-state index contributed by atoms with van der Waals surface area (Å²) in [5, 5.41) is 0. The van der Waals surface area contributed by atoms with Crippen molar-refractivity contribution in [2.24, 2.45) is 5.92 Å². The van der Waals surface area contributed by atoms with Gasteiger partial charge in [0.1, 0.15) is 0 Å². The Morgan fingerprint density at radius 3 is 2.65 bits per heavy atom. The van der Waals surface area contributed by atoms with Crippen molar-refractivity contribution < 1.29 is 9.53 Å². The second kappa shape index (κ2) is 7.51. The van der Waals surface area contributed by atoms with Crippen LogP contribution in [-0.2, 0) is 16.0 Å². The molecule has 0 aliphatic carbocycles. The predicted octanol–water partition coefficient (Wildman–Crippen LogP) is 2.82. The Bertz CT molecular complexity index is 398. The van der Waals surface area contributed by atoms with E-state index < -0.39 is 0 Å². The first kappa shape index (κ1) is 13.3. The molecule has 0 heterocycles. The highest BCUT2D eigenvalue weighted by molar-refractivity contribution is 5.73. The van der Waals surface area contributed by atoms with Crippen molar-refractivity contribution in [3.8, 4) is 11.8 Å². The monoisotopic (exact) mass is 230 g/mol. The standard InChI is InChI=1S/C15H18O2/c1-3-5-11-14(15(16)17-4-2)12-13-9-7-6-8-10-13/h6-10,14H,4,11-12H2,1-2H3. The SMILES string of the molecule is CC#CCC(Cc1ccccc1)C(=O)OCC. The van der Waals surface area contributed by atoms with Gasteiger partial charge in [-0.15, -0.1) is 11.8 Å². The molecule has 2 nitrogen and oxygen atoms in total. The zero-order chi connectivity index (χ0) is 12.5. The zero-order valence-corrected chi connectivity index (χ0v) is 10.4. The molecule has 0 aromatic heterocycles. The Kier molecular flexibility index (Phi) is 5.88. The molecule has 1 unspecified atom stereocenters. The quantitative estimate of drug-likeness (QED) is 0.574. The molecule has 1 aromatic rings. The first-order valence-electron chi connectivity index (χ1n) is 5.88. The summed E-state index contributed by atoms with van der Waals surface area (Å²) in [5.41, 5.74) is 1.14. The van der Waals surface area contributed by atoms with Crippen molar-refractivity contribution in [3.63, 3.8) is 0 Å². The summed E-state index contributed by atoms with van der Waals surface area (Å²) in [6.45, 7) is 4.03. The van der Waals surface area contributed by atoms with Crippen LogP contribution in [0, 0.1) is 17.8 Å². The molecule has 0 N–H and O–H groups in total. The lowest BCUT2D eigenvalue weighted by molar-refractivity contribution is -0.147. The molecule has 1 rings (SSSR count). The molecular formula is C15H18O2. The Hall–Kier alpha value is -1.75. The van der Waals surface area contributed by atoms with Gasteiger partial charge in [-0.2, -0.15) is 0 Å². The summed E-state index contributed by atoms with van der Waals surface area (Å²) < 4.78 is 5.07. The Labute approximate surface area is 103 Å². The highest BCUT2D eigenvalue weighted by Gasteiger charge is 2.18. The van der Waals surface area contributed by atoms with E-state index >= 15 is 0 Å². The van der Waals surface area contributed by atoms with Gasteiger partial charge in [0.25, 0.3) is 0 Å². The van der Waals surface area contributed by atoms with Crippen molar-refractivity contribution >= 4 is 5.97 Å². The maximum absolute atomic E-state index is 11.8. The van der Waals surface area contributed by atoms with Gasteiger partial charge < -0.3 is 4.74 Å². The van der Waals surface area contributed by atoms with Crippen LogP contribution < -0.4 is 0 Å². The van der Waals surface area contributed by atoms with E-state index in [0.717, 1.165) is 5.56 Å². The molecule has 0 spiro atoms. The molecule has 1 aromatic carbocycles. The third kappa shape index (κ3) is 4.74. The first-order chi connectivity index (χ1) is 8.27. The van der Waals surface area contributed by atoms with Crippen LogP contribution in [0.5, 0.6) is 0 Å². The fourth-order valence-corrected chi connectivity index (χ4v) is 1.62. The fourth-order valence-electron chi connectivity index (χ4n) is 1.62. The molecular weight excluding hydrogens is 212 g/mol. The molecule has 1 atom stereocenters. The molecule has 2 heteroatoms. The van der Waals surface area contributed by atoms with Gasteiger partial charge in [0, 0.05) is 6.42 Å². The number of carbonyl (C=O) groups is 1. The van der Waals surface area contributed by atoms with Crippen LogP contribution in [0.1, 0.15) is 25.8 Å². The van der Waals surface area contributed by atoms with Gasteiger partial charge in [0.2, 0.25) is 0 Å². The van der Waals surface area contributed by atoms with Gasteiger partial charge in [0.05, 0.1) is 12.5 Å². The van der Waals surface area contributed by atoms with E-state index in [1.807, 2.05) is 37.3 Å². The number of hydrogen-bond acceptors (Lipinski definition) is 2. The van der Waals surface area contributed by atoms with Crippen molar-refractivity contribution in [2.75, 3.05) is 6.61 Å². The number of carbonyl (C=O) groups excluding carboxylic acids is 1. The van der Waals surface area contributed by atoms with Crippen LogP contribution in [0.25, 0.3) is 0 Å². The van der Waals surface area contributed by atoms with Gasteiger partial charge >= 0.3 is 5.97 Å². The van der Waals surface area contributed by atoms with Crippen molar-refractivity contribution in [2.45, 2.75) is 26.7 Å². The molecule has 0 amide bonds. The van der Waals surface area contributed by atoms with Crippen LogP contribution in [0.4, 0.5) is 0 Å². The lowest BCUT2D eigenvalue weighted by Gasteiger charge is -2.12. The van der Waals surface area contributed by atoms with E-state index in [9.17, 15) is 4.79 Å². The van der Waals surface area contributed by atoms with Gasteiger partial charge in [-0.05, 0) is 25.8 Å². The van der Waals surface area contributed by atoms with E-state index in [1.165, 1.54) is 0 Å². The minimum absolute atomic E-state index is 0.154. The number of rotatable bonds is 5. The normalized spacial score (nSPS) is 11.2. The highest BCUT2D eigenvalue weighted by Crippen LogP contribution is 2.13. The summed E-state index contributed by atoms with van der Waals surface area (Å²) in [5.74, 6) is 5.46. The molecule has 17 heavy (non-hydrogen) atoms. The van der Waals surface area contributed by atoms with Crippen LogP contribution >= 0.6 is 0 Å². The Morgan fingerprint density at radius 2 is 2.06 bits per heavy atom. The number of esters is 1.